The Morgan fingerprint density at radius 1 is 0.577 bits per heavy atom. The second-order valence-electron chi connectivity index (χ2n) is 5.08. The molecule has 7 heteroatoms. The maximum Gasteiger partial charge on any atom is 0.137 e. The van der Waals surface area contributed by atoms with Gasteiger partial charge in [0.2, 0.25) is 0 Å². The fourth-order valence-corrected chi connectivity index (χ4v) is 1.72. The Balaban J connectivity index is 0.000000195. The third kappa shape index (κ3) is 7.11. The predicted molar refractivity (Wildman–Crippen MR) is 99.1 cm³/mol. The summed E-state index contributed by atoms with van der Waals surface area (Å²) in [4.78, 5) is 0. The van der Waals surface area contributed by atoms with Gasteiger partial charge in [0.1, 0.15) is 34.5 Å². The average molecular weight is 379 g/mol. The van der Waals surface area contributed by atoms with Crippen LogP contribution in [0, 0.1) is 6.92 Å². The zero-order valence-corrected chi connectivity index (χ0v) is 14.6. The van der Waals surface area contributed by atoms with E-state index in [1.54, 1.807) is 19.1 Å². The Labute approximate surface area is 155 Å². The summed E-state index contributed by atoms with van der Waals surface area (Å²) in [5.41, 5.74) is 0.525. The average Bonchev–Trinajstić information content (AvgIpc) is 2.57. The quantitative estimate of drug-likeness (QED) is 0.347. The molecule has 0 heterocycles. The highest BCUT2D eigenvalue weighted by molar-refractivity contribution is 6.32. The van der Waals surface area contributed by atoms with Crippen LogP contribution in [0.25, 0.3) is 0 Å². The maximum absolute atomic E-state index is 8.94. The van der Waals surface area contributed by atoms with Crippen molar-refractivity contribution in [1.29, 1.82) is 0 Å². The molecule has 0 saturated carbocycles. The Bertz CT molecular complexity index is 814. The molecule has 0 aromatic heterocycles. The molecule has 0 fully saturated rings. The third-order valence-electron chi connectivity index (χ3n) is 3.04. The van der Waals surface area contributed by atoms with Crippen molar-refractivity contribution in [3.63, 3.8) is 0 Å². The summed E-state index contributed by atoms with van der Waals surface area (Å²) in [5, 5.41) is 53.0. The van der Waals surface area contributed by atoms with E-state index in [-0.39, 0.29) is 39.5 Å². The fourth-order valence-electron chi connectivity index (χ4n) is 1.61. The molecule has 0 bridgehead atoms. The number of aromatic hydroxyl groups is 6. The van der Waals surface area contributed by atoms with Gasteiger partial charge in [0.15, 0.2) is 0 Å². The molecule has 26 heavy (non-hydrogen) atoms. The molecule has 0 amide bonds. The van der Waals surface area contributed by atoms with Crippen LogP contribution in [0.15, 0.2) is 60.7 Å². The highest BCUT2D eigenvalue weighted by Crippen LogP contribution is 2.26. The fraction of sp³-hybridized carbons (Fsp3) is 0.0526. The molecule has 138 valence electrons. The van der Waals surface area contributed by atoms with Crippen molar-refractivity contribution in [3.05, 3.63) is 71.2 Å². The first-order valence-corrected chi connectivity index (χ1v) is 7.71. The number of hydrogen-bond acceptors (Lipinski definition) is 6. The van der Waals surface area contributed by atoms with Gasteiger partial charge in [0, 0.05) is 17.7 Å². The largest absolute Gasteiger partial charge is 0.508 e. The molecule has 0 aliphatic rings. The van der Waals surface area contributed by atoms with Crippen molar-refractivity contribution >= 4 is 11.6 Å². The Hall–Kier alpha value is -3.25. The second kappa shape index (κ2) is 9.90. The standard InChI is InChI=1S/C7H8O2.C6H5ClO2.C6H6O2/c1-5-6(8)3-2-4-7(5)9;7-5-2-1-4(8)3-6(5)9;7-5-2-1-3-6(8)4-5/h2-4,8-9H,1H3;1-3,8-9H;1-4,7-8H. The molecule has 0 aliphatic heterocycles. The van der Waals surface area contributed by atoms with E-state index in [0.29, 0.717) is 5.56 Å². The molecule has 0 spiro atoms. The minimum absolute atomic E-state index is 0.0110. The van der Waals surface area contributed by atoms with Crippen LogP contribution in [0.5, 0.6) is 34.5 Å². The van der Waals surface area contributed by atoms with Crippen molar-refractivity contribution in [2.75, 3.05) is 0 Å². The van der Waals surface area contributed by atoms with Gasteiger partial charge in [-0.15, -0.1) is 0 Å². The molecule has 0 atom stereocenters. The molecule has 0 saturated heterocycles. The number of hydrogen-bond donors (Lipinski definition) is 6. The molecule has 0 aliphatic carbocycles. The number of rotatable bonds is 0. The normalized spacial score (nSPS) is 9.31. The third-order valence-corrected chi connectivity index (χ3v) is 3.36. The summed E-state index contributed by atoms with van der Waals surface area (Å²) in [6, 6.07) is 14.5. The van der Waals surface area contributed by atoms with Crippen LogP contribution in [-0.2, 0) is 0 Å². The topological polar surface area (TPSA) is 121 Å². The van der Waals surface area contributed by atoms with Crippen LogP contribution in [0.4, 0.5) is 0 Å². The lowest BCUT2D eigenvalue weighted by molar-refractivity contribution is 0.443. The smallest absolute Gasteiger partial charge is 0.137 e. The lowest BCUT2D eigenvalue weighted by atomic mass is 10.2. The number of phenols is 6. The SMILES string of the molecule is Cc1c(O)cccc1O.Oc1ccc(Cl)c(O)c1.Oc1cccc(O)c1. The van der Waals surface area contributed by atoms with E-state index >= 15 is 0 Å². The van der Waals surface area contributed by atoms with Crippen LogP contribution in [-0.4, -0.2) is 30.6 Å². The van der Waals surface area contributed by atoms with Crippen LogP contribution >= 0.6 is 11.6 Å². The van der Waals surface area contributed by atoms with Gasteiger partial charge in [-0.05, 0) is 43.3 Å². The molecule has 0 radical (unpaired) electrons. The van der Waals surface area contributed by atoms with E-state index in [4.69, 9.17) is 42.2 Å². The summed E-state index contributed by atoms with van der Waals surface area (Å²) >= 11 is 5.42. The van der Waals surface area contributed by atoms with Crippen LogP contribution in [0.2, 0.25) is 5.02 Å². The summed E-state index contributed by atoms with van der Waals surface area (Å²) in [7, 11) is 0. The molecule has 3 rings (SSSR count). The first-order chi connectivity index (χ1) is 12.2. The number of halogens is 1. The summed E-state index contributed by atoms with van der Waals surface area (Å²) in [6.45, 7) is 1.66. The van der Waals surface area contributed by atoms with Gasteiger partial charge in [-0.1, -0.05) is 23.7 Å². The number of benzene rings is 3. The van der Waals surface area contributed by atoms with Gasteiger partial charge in [-0.2, -0.15) is 0 Å². The maximum atomic E-state index is 8.94. The predicted octanol–water partition coefficient (Wildman–Crippen LogP) is 4.26. The van der Waals surface area contributed by atoms with E-state index < -0.39 is 0 Å². The molecule has 6 nitrogen and oxygen atoms in total. The van der Waals surface area contributed by atoms with E-state index in [2.05, 4.69) is 0 Å². The summed E-state index contributed by atoms with van der Waals surface area (Å²) < 4.78 is 0. The van der Waals surface area contributed by atoms with Crippen LogP contribution in [0.1, 0.15) is 5.56 Å². The zero-order chi connectivity index (χ0) is 19.7. The van der Waals surface area contributed by atoms with Crippen molar-refractivity contribution < 1.29 is 30.6 Å². The summed E-state index contributed by atoms with van der Waals surface area (Å²) in [5.74, 6) is 0.355. The van der Waals surface area contributed by atoms with Crippen molar-refractivity contribution in [2.24, 2.45) is 0 Å². The van der Waals surface area contributed by atoms with Gasteiger partial charge in [0.05, 0.1) is 5.02 Å². The minimum Gasteiger partial charge on any atom is -0.508 e. The van der Waals surface area contributed by atoms with E-state index in [1.165, 1.54) is 48.5 Å². The lowest BCUT2D eigenvalue weighted by Crippen LogP contribution is -1.73. The van der Waals surface area contributed by atoms with E-state index in [9.17, 15) is 0 Å². The molecular formula is C19H19ClO6. The van der Waals surface area contributed by atoms with E-state index in [1.807, 2.05) is 0 Å². The Morgan fingerprint density at radius 2 is 1.04 bits per heavy atom. The second-order valence-corrected chi connectivity index (χ2v) is 5.48. The highest BCUT2D eigenvalue weighted by Gasteiger charge is 1.97. The number of phenolic OH excluding ortho intramolecular Hbond substituents is 6. The molecule has 6 N–H and O–H groups in total. The van der Waals surface area contributed by atoms with E-state index in [0.717, 1.165) is 0 Å². The van der Waals surface area contributed by atoms with Gasteiger partial charge in [-0.3, -0.25) is 0 Å². The zero-order valence-electron chi connectivity index (χ0n) is 13.8. The van der Waals surface area contributed by atoms with Crippen LogP contribution in [0.3, 0.4) is 0 Å². The van der Waals surface area contributed by atoms with Gasteiger partial charge < -0.3 is 30.6 Å². The van der Waals surface area contributed by atoms with Crippen molar-refractivity contribution in [3.8, 4) is 34.5 Å². The first kappa shape index (κ1) is 20.8. The molecule has 3 aromatic carbocycles. The molecule has 0 unspecified atom stereocenters. The van der Waals surface area contributed by atoms with Crippen LogP contribution < -0.4 is 0 Å². The monoisotopic (exact) mass is 378 g/mol. The first-order valence-electron chi connectivity index (χ1n) is 7.33. The van der Waals surface area contributed by atoms with Gasteiger partial charge in [0.25, 0.3) is 0 Å². The Morgan fingerprint density at radius 3 is 1.38 bits per heavy atom. The summed E-state index contributed by atoms with van der Waals surface area (Å²) in [6.07, 6.45) is 0. The minimum atomic E-state index is -0.100. The Kier molecular flexibility index (Phi) is 7.92. The van der Waals surface area contributed by atoms with Crippen molar-refractivity contribution in [2.45, 2.75) is 6.92 Å². The molecular weight excluding hydrogens is 360 g/mol. The van der Waals surface area contributed by atoms with Gasteiger partial charge >= 0.3 is 0 Å². The van der Waals surface area contributed by atoms with Gasteiger partial charge in [-0.25, -0.2) is 0 Å². The van der Waals surface area contributed by atoms with Crippen molar-refractivity contribution in [1.82, 2.24) is 0 Å². The highest BCUT2D eigenvalue weighted by atomic mass is 35.5. The molecule has 3 aromatic rings. The lowest BCUT2D eigenvalue weighted by Gasteiger charge is -1.98.